The first-order chi connectivity index (χ1) is 13.5. The van der Waals surface area contributed by atoms with Gasteiger partial charge in [-0.25, -0.2) is 9.78 Å². The fourth-order valence-electron chi connectivity index (χ4n) is 2.36. The SMILES string of the molecule is CCOC(=O)c1cccc(NC(=O)CSc2ncc(-c3cccc(Br)c3)o2)c1. The first kappa shape index (κ1) is 20.2. The number of carbonyl (C=O) groups excluding carboxylic acids is 2. The summed E-state index contributed by atoms with van der Waals surface area (Å²) < 4.78 is 11.6. The van der Waals surface area contributed by atoms with Crippen molar-refractivity contribution in [3.05, 3.63) is 64.8 Å². The number of rotatable bonds is 7. The molecule has 0 aliphatic heterocycles. The van der Waals surface area contributed by atoms with E-state index < -0.39 is 5.97 Å². The number of nitrogens with zero attached hydrogens (tertiary/aromatic N) is 1. The molecule has 6 nitrogen and oxygen atoms in total. The Labute approximate surface area is 174 Å². The number of hydrogen-bond donors (Lipinski definition) is 1. The van der Waals surface area contributed by atoms with E-state index in [-0.39, 0.29) is 11.7 Å². The Morgan fingerprint density at radius 1 is 1.21 bits per heavy atom. The fourth-order valence-corrected chi connectivity index (χ4v) is 3.36. The van der Waals surface area contributed by atoms with Crippen LogP contribution in [0.1, 0.15) is 17.3 Å². The molecule has 3 aromatic rings. The van der Waals surface area contributed by atoms with Gasteiger partial charge < -0.3 is 14.5 Å². The largest absolute Gasteiger partial charge is 0.462 e. The lowest BCUT2D eigenvalue weighted by atomic mass is 10.2. The van der Waals surface area contributed by atoms with Crippen LogP contribution in [0.2, 0.25) is 0 Å². The number of oxazole rings is 1. The van der Waals surface area contributed by atoms with Crippen LogP contribution < -0.4 is 5.32 Å². The third-order valence-corrected chi connectivity index (χ3v) is 4.91. The van der Waals surface area contributed by atoms with Crippen LogP contribution in [0.15, 0.2) is 68.8 Å². The summed E-state index contributed by atoms with van der Waals surface area (Å²) in [5.41, 5.74) is 1.81. The van der Waals surface area contributed by atoms with Gasteiger partial charge in [0.1, 0.15) is 0 Å². The molecular weight excluding hydrogens is 444 g/mol. The molecule has 0 aliphatic rings. The van der Waals surface area contributed by atoms with Crippen LogP contribution >= 0.6 is 27.7 Å². The fraction of sp³-hybridized carbons (Fsp3) is 0.150. The van der Waals surface area contributed by atoms with E-state index in [0.717, 1.165) is 10.0 Å². The van der Waals surface area contributed by atoms with Crippen LogP contribution in [0, 0.1) is 0 Å². The van der Waals surface area contributed by atoms with Gasteiger partial charge in [0.15, 0.2) is 5.76 Å². The van der Waals surface area contributed by atoms with Crippen molar-refractivity contribution in [2.75, 3.05) is 17.7 Å². The zero-order valence-corrected chi connectivity index (χ0v) is 17.4. The molecule has 0 atom stereocenters. The summed E-state index contributed by atoms with van der Waals surface area (Å²) in [6, 6.07) is 14.3. The van der Waals surface area contributed by atoms with Gasteiger partial charge in [0.25, 0.3) is 5.22 Å². The second-order valence-electron chi connectivity index (χ2n) is 5.64. The lowest BCUT2D eigenvalue weighted by molar-refractivity contribution is -0.113. The van der Waals surface area contributed by atoms with E-state index in [1.165, 1.54) is 11.8 Å². The summed E-state index contributed by atoms with van der Waals surface area (Å²) in [6.45, 7) is 2.04. The number of halogens is 1. The molecule has 1 heterocycles. The summed E-state index contributed by atoms with van der Waals surface area (Å²) in [7, 11) is 0. The molecule has 2 aromatic carbocycles. The maximum absolute atomic E-state index is 12.2. The number of amides is 1. The Morgan fingerprint density at radius 3 is 2.82 bits per heavy atom. The zero-order valence-electron chi connectivity index (χ0n) is 15.0. The maximum Gasteiger partial charge on any atom is 0.338 e. The van der Waals surface area contributed by atoms with Gasteiger partial charge in [-0.3, -0.25) is 4.79 Å². The lowest BCUT2D eigenvalue weighted by Crippen LogP contribution is -2.14. The summed E-state index contributed by atoms with van der Waals surface area (Å²) in [4.78, 5) is 28.2. The van der Waals surface area contributed by atoms with E-state index in [9.17, 15) is 9.59 Å². The molecule has 0 aliphatic carbocycles. The first-order valence-corrected chi connectivity index (χ1v) is 10.2. The van der Waals surface area contributed by atoms with Gasteiger partial charge in [-0.05, 0) is 37.3 Å². The number of benzene rings is 2. The number of carbonyl (C=O) groups is 2. The number of anilines is 1. The number of aromatic nitrogens is 1. The van der Waals surface area contributed by atoms with Crippen LogP contribution in [0.5, 0.6) is 0 Å². The predicted molar refractivity (Wildman–Crippen MR) is 111 cm³/mol. The highest BCUT2D eigenvalue weighted by Crippen LogP contribution is 2.27. The summed E-state index contributed by atoms with van der Waals surface area (Å²) in [5, 5.41) is 3.16. The third kappa shape index (κ3) is 5.46. The average molecular weight is 461 g/mol. The molecule has 1 N–H and O–H groups in total. The van der Waals surface area contributed by atoms with Gasteiger partial charge in [-0.2, -0.15) is 0 Å². The van der Waals surface area contributed by atoms with E-state index in [0.29, 0.717) is 28.8 Å². The molecule has 0 saturated heterocycles. The minimum Gasteiger partial charge on any atom is -0.462 e. The standard InChI is InChI=1S/C20H17BrN2O4S/c1-2-26-19(25)14-6-4-8-16(10-14)23-18(24)12-28-20-22-11-17(27-20)13-5-3-7-15(21)9-13/h3-11H,2,12H2,1H3,(H,23,24). The Morgan fingerprint density at radius 2 is 2.04 bits per heavy atom. The van der Waals surface area contributed by atoms with Crippen molar-refractivity contribution in [1.82, 2.24) is 4.98 Å². The van der Waals surface area contributed by atoms with Crippen molar-refractivity contribution in [3.8, 4) is 11.3 Å². The molecule has 144 valence electrons. The van der Waals surface area contributed by atoms with E-state index in [4.69, 9.17) is 9.15 Å². The van der Waals surface area contributed by atoms with Crippen LogP contribution in [-0.4, -0.2) is 29.2 Å². The topological polar surface area (TPSA) is 81.4 Å². The van der Waals surface area contributed by atoms with E-state index >= 15 is 0 Å². The van der Waals surface area contributed by atoms with E-state index in [1.807, 2.05) is 24.3 Å². The monoisotopic (exact) mass is 460 g/mol. The van der Waals surface area contributed by atoms with Crippen molar-refractivity contribution in [1.29, 1.82) is 0 Å². The molecule has 28 heavy (non-hydrogen) atoms. The Balaban J connectivity index is 1.56. The predicted octanol–water partition coefficient (Wildman–Crippen LogP) is 5.01. The molecule has 0 bridgehead atoms. The van der Waals surface area contributed by atoms with Gasteiger partial charge in [0, 0.05) is 15.7 Å². The van der Waals surface area contributed by atoms with Gasteiger partial charge >= 0.3 is 5.97 Å². The molecule has 8 heteroatoms. The Hall–Kier alpha value is -2.58. The van der Waals surface area contributed by atoms with Crippen LogP contribution in [0.4, 0.5) is 5.69 Å². The smallest absolute Gasteiger partial charge is 0.338 e. The van der Waals surface area contributed by atoms with Gasteiger partial charge in [-0.15, -0.1) is 0 Å². The van der Waals surface area contributed by atoms with E-state index in [1.54, 1.807) is 37.4 Å². The zero-order chi connectivity index (χ0) is 19.9. The highest BCUT2D eigenvalue weighted by molar-refractivity contribution is 9.10. The molecule has 0 fully saturated rings. The van der Waals surface area contributed by atoms with Crippen LogP contribution in [-0.2, 0) is 9.53 Å². The number of esters is 1. The Bertz CT molecular complexity index is 990. The number of thioether (sulfide) groups is 1. The molecule has 0 saturated carbocycles. The summed E-state index contributed by atoms with van der Waals surface area (Å²) in [5.74, 6) is 0.106. The van der Waals surface area contributed by atoms with Crippen molar-refractivity contribution >= 4 is 45.3 Å². The number of ether oxygens (including phenoxy) is 1. The van der Waals surface area contributed by atoms with Crippen LogP contribution in [0.25, 0.3) is 11.3 Å². The Kier molecular flexibility index (Phi) is 6.89. The van der Waals surface area contributed by atoms with Gasteiger partial charge in [-0.1, -0.05) is 45.9 Å². The van der Waals surface area contributed by atoms with Gasteiger partial charge in [0.2, 0.25) is 5.91 Å². The second-order valence-corrected chi connectivity index (χ2v) is 7.48. The highest BCUT2D eigenvalue weighted by atomic mass is 79.9. The summed E-state index contributed by atoms with van der Waals surface area (Å²) in [6.07, 6.45) is 1.63. The van der Waals surface area contributed by atoms with Crippen molar-refractivity contribution in [2.24, 2.45) is 0 Å². The van der Waals surface area contributed by atoms with Crippen molar-refractivity contribution < 1.29 is 18.7 Å². The minimum absolute atomic E-state index is 0.127. The molecular formula is C20H17BrN2O4S. The molecule has 1 amide bonds. The van der Waals surface area contributed by atoms with Crippen molar-refractivity contribution in [2.45, 2.75) is 12.1 Å². The highest BCUT2D eigenvalue weighted by Gasteiger charge is 2.12. The molecule has 0 spiro atoms. The molecule has 3 rings (SSSR count). The van der Waals surface area contributed by atoms with Crippen LogP contribution in [0.3, 0.4) is 0 Å². The van der Waals surface area contributed by atoms with Gasteiger partial charge in [0.05, 0.1) is 24.1 Å². The molecule has 0 unspecified atom stereocenters. The normalized spacial score (nSPS) is 10.5. The maximum atomic E-state index is 12.2. The molecule has 0 radical (unpaired) electrons. The third-order valence-electron chi connectivity index (χ3n) is 3.58. The quantitative estimate of drug-likeness (QED) is 0.394. The lowest BCUT2D eigenvalue weighted by Gasteiger charge is -2.06. The van der Waals surface area contributed by atoms with E-state index in [2.05, 4.69) is 26.2 Å². The minimum atomic E-state index is -0.423. The van der Waals surface area contributed by atoms with Crippen molar-refractivity contribution in [3.63, 3.8) is 0 Å². The first-order valence-electron chi connectivity index (χ1n) is 8.46. The molecule has 1 aromatic heterocycles. The number of hydrogen-bond acceptors (Lipinski definition) is 6. The number of nitrogens with one attached hydrogen (secondary N) is 1. The summed E-state index contributed by atoms with van der Waals surface area (Å²) >= 11 is 4.61. The average Bonchev–Trinajstić information content (AvgIpc) is 3.16. The second kappa shape index (κ2) is 9.57.